The molecule has 1 saturated carbocycles. The number of hydrogen-bond acceptors (Lipinski definition) is 8. The molecule has 0 N–H and O–H groups in total. The Morgan fingerprint density at radius 2 is 1.89 bits per heavy atom. The zero-order valence-corrected chi connectivity index (χ0v) is 26.8. The molecule has 4 aromatic rings. The van der Waals surface area contributed by atoms with Crippen LogP contribution in [-0.4, -0.2) is 72.4 Å². The molecule has 230 valence electrons. The molecule has 2 aliphatic rings. The number of carbonyl (C=O) groups is 3. The summed E-state index contributed by atoms with van der Waals surface area (Å²) in [6.07, 6.45) is 8.17. The molecule has 0 spiro atoms. The van der Waals surface area contributed by atoms with Gasteiger partial charge in [0.25, 0.3) is 0 Å². The Morgan fingerprint density at radius 3 is 2.60 bits per heavy atom. The molecular formula is C34H33BrN6O4. The van der Waals surface area contributed by atoms with Crippen LogP contribution in [0.25, 0.3) is 28.1 Å². The van der Waals surface area contributed by atoms with E-state index in [0.29, 0.717) is 46.7 Å². The molecule has 3 atom stereocenters. The van der Waals surface area contributed by atoms with Gasteiger partial charge in [0.05, 0.1) is 36.9 Å². The third-order valence-corrected chi connectivity index (χ3v) is 9.16. The summed E-state index contributed by atoms with van der Waals surface area (Å²) in [5.41, 5.74) is 3.66. The van der Waals surface area contributed by atoms with Crippen molar-refractivity contribution in [1.29, 1.82) is 0 Å². The van der Waals surface area contributed by atoms with Crippen molar-refractivity contribution in [3.63, 3.8) is 0 Å². The van der Waals surface area contributed by atoms with E-state index in [9.17, 15) is 14.4 Å². The Hall–Kier alpha value is -4.35. The Kier molecular flexibility index (Phi) is 8.32. The van der Waals surface area contributed by atoms with E-state index in [4.69, 9.17) is 4.74 Å². The number of aromatic nitrogens is 5. The van der Waals surface area contributed by atoms with Gasteiger partial charge in [-0.2, -0.15) is 5.10 Å². The van der Waals surface area contributed by atoms with Crippen molar-refractivity contribution < 1.29 is 19.1 Å². The monoisotopic (exact) mass is 668 g/mol. The maximum Gasteiger partial charge on any atom is 0.245 e. The van der Waals surface area contributed by atoms with Gasteiger partial charge in [0.1, 0.15) is 22.7 Å². The van der Waals surface area contributed by atoms with Crippen molar-refractivity contribution >= 4 is 50.4 Å². The standard InChI is InChI=1S/C34H33BrN6O4/c1-5-11-45-19-34-14-28(29(43)13-26-22(6-2)8-10-31(35)38-26)41(30(34)15-34)32(44)18-40-27-9-7-23(24-16-36-21(4)37-17-24)12-25(27)33(39-40)20(3)42/h5-10,12,16-17,28,30H,1-2,11,13-15,18-19H2,3-4H3/t28-,30+,34-/m0/s1. The lowest BCUT2D eigenvalue weighted by atomic mass is 9.95. The zero-order chi connectivity index (χ0) is 31.9. The van der Waals surface area contributed by atoms with Gasteiger partial charge in [-0.15, -0.1) is 6.58 Å². The molecule has 0 bridgehead atoms. The third-order valence-electron chi connectivity index (χ3n) is 8.72. The molecule has 45 heavy (non-hydrogen) atoms. The summed E-state index contributed by atoms with van der Waals surface area (Å²) >= 11 is 3.40. The van der Waals surface area contributed by atoms with Gasteiger partial charge in [-0.3, -0.25) is 19.1 Å². The number of carbonyl (C=O) groups excluding carboxylic acids is 3. The quantitative estimate of drug-likeness (QED) is 0.0877. The van der Waals surface area contributed by atoms with E-state index in [1.165, 1.54) is 6.92 Å². The first-order chi connectivity index (χ1) is 21.6. The number of ketones is 2. The normalized spacial score (nSPS) is 20.2. The molecule has 11 heteroatoms. The summed E-state index contributed by atoms with van der Waals surface area (Å²) in [6.45, 7) is 11.6. The summed E-state index contributed by atoms with van der Waals surface area (Å²) in [6, 6.07) is 8.53. The molecule has 1 saturated heterocycles. The average molecular weight is 670 g/mol. The molecule has 1 aromatic carbocycles. The number of ether oxygens (including phenoxy) is 1. The number of amides is 1. The third kappa shape index (κ3) is 5.89. The fraction of sp³-hybridized carbons (Fsp3) is 0.324. The van der Waals surface area contributed by atoms with E-state index in [0.717, 1.165) is 23.1 Å². The highest BCUT2D eigenvalue weighted by atomic mass is 79.9. The fourth-order valence-corrected chi connectivity index (χ4v) is 6.75. The Bertz CT molecular complexity index is 1850. The van der Waals surface area contributed by atoms with Crippen molar-refractivity contribution in [2.75, 3.05) is 13.2 Å². The lowest BCUT2D eigenvalue weighted by molar-refractivity contribution is -0.139. The highest BCUT2D eigenvalue weighted by Gasteiger charge is 2.67. The number of likely N-dealkylation sites (tertiary alicyclic amines) is 1. The van der Waals surface area contributed by atoms with Gasteiger partial charge in [-0.05, 0) is 65.0 Å². The predicted molar refractivity (Wildman–Crippen MR) is 173 cm³/mol. The molecule has 3 aromatic heterocycles. The molecule has 1 aliphatic heterocycles. The van der Waals surface area contributed by atoms with Crippen LogP contribution in [0.1, 0.15) is 47.3 Å². The zero-order valence-electron chi connectivity index (χ0n) is 25.2. The van der Waals surface area contributed by atoms with Crippen molar-refractivity contribution in [2.45, 2.75) is 51.7 Å². The molecule has 1 amide bonds. The molecule has 10 nitrogen and oxygen atoms in total. The first-order valence-electron chi connectivity index (χ1n) is 14.7. The highest BCUT2D eigenvalue weighted by molar-refractivity contribution is 9.10. The van der Waals surface area contributed by atoms with Crippen LogP contribution in [0.2, 0.25) is 0 Å². The molecule has 0 unspecified atom stereocenters. The summed E-state index contributed by atoms with van der Waals surface area (Å²) < 4.78 is 8.02. The molecule has 4 heterocycles. The minimum absolute atomic E-state index is 0.0657. The smallest absolute Gasteiger partial charge is 0.245 e. The number of rotatable bonds is 12. The molecule has 6 rings (SSSR count). The maximum atomic E-state index is 14.1. The van der Waals surface area contributed by atoms with Gasteiger partial charge in [-0.25, -0.2) is 15.0 Å². The van der Waals surface area contributed by atoms with Gasteiger partial charge >= 0.3 is 0 Å². The average Bonchev–Trinajstić information content (AvgIpc) is 3.43. The minimum atomic E-state index is -0.635. The highest BCUT2D eigenvalue weighted by Crippen LogP contribution is 2.60. The lowest BCUT2D eigenvalue weighted by Crippen LogP contribution is -2.45. The van der Waals surface area contributed by atoms with Gasteiger partial charge in [0.2, 0.25) is 5.91 Å². The van der Waals surface area contributed by atoms with Crippen LogP contribution in [0.15, 0.2) is 66.6 Å². The van der Waals surface area contributed by atoms with Crippen LogP contribution >= 0.6 is 15.9 Å². The van der Waals surface area contributed by atoms with Crippen LogP contribution < -0.4 is 0 Å². The summed E-state index contributed by atoms with van der Waals surface area (Å²) in [5, 5.41) is 5.21. The number of pyridine rings is 1. The lowest BCUT2D eigenvalue weighted by Gasteiger charge is -2.27. The maximum absolute atomic E-state index is 14.1. The number of fused-ring (bicyclic) bond motifs is 2. The molecular weight excluding hydrogens is 636 g/mol. The van der Waals surface area contributed by atoms with E-state index < -0.39 is 6.04 Å². The molecule has 0 radical (unpaired) electrons. The summed E-state index contributed by atoms with van der Waals surface area (Å²) in [7, 11) is 0. The Labute approximate surface area is 269 Å². The van der Waals surface area contributed by atoms with Crippen LogP contribution in [0, 0.1) is 12.3 Å². The van der Waals surface area contributed by atoms with Gasteiger partial charge in [0, 0.05) is 41.7 Å². The molecule has 2 fully saturated rings. The van der Waals surface area contributed by atoms with Crippen molar-refractivity contribution in [1.82, 2.24) is 29.6 Å². The van der Waals surface area contributed by atoms with E-state index in [1.54, 1.807) is 40.2 Å². The van der Waals surface area contributed by atoms with Crippen LogP contribution in [-0.2, 0) is 27.3 Å². The predicted octanol–water partition coefficient (Wildman–Crippen LogP) is 5.18. The number of nitrogens with zero attached hydrogens (tertiary/aromatic N) is 6. The van der Waals surface area contributed by atoms with Crippen molar-refractivity contribution in [2.24, 2.45) is 5.41 Å². The number of piperidine rings is 1. The summed E-state index contributed by atoms with van der Waals surface area (Å²) in [4.78, 5) is 55.5. The number of aryl methyl sites for hydroxylation is 1. The van der Waals surface area contributed by atoms with Crippen molar-refractivity contribution in [3.05, 3.63) is 89.3 Å². The van der Waals surface area contributed by atoms with Gasteiger partial charge < -0.3 is 9.64 Å². The van der Waals surface area contributed by atoms with Crippen LogP contribution in [0.4, 0.5) is 0 Å². The van der Waals surface area contributed by atoms with Crippen LogP contribution in [0.5, 0.6) is 0 Å². The number of hydrogen-bond donors (Lipinski definition) is 0. The van der Waals surface area contributed by atoms with E-state index in [-0.39, 0.29) is 47.6 Å². The number of Topliss-reactive ketones (excluding diaryl/α,β-unsaturated/α-hetero) is 2. The number of halogens is 1. The Balaban J connectivity index is 1.30. The fourth-order valence-electron chi connectivity index (χ4n) is 6.40. The van der Waals surface area contributed by atoms with E-state index in [2.05, 4.69) is 49.1 Å². The SMILES string of the molecule is C=CCOC[C@@]12C[C@@H](C(=O)Cc3nc(Br)ccc3C=C)N(C(=O)Cn3nc(C(C)=O)c4cc(-c5cnc(C)nc5)ccc43)[C@@H]1C2. The Morgan fingerprint density at radius 1 is 1.11 bits per heavy atom. The largest absolute Gasteiger partial charge is 0.377 e. The van der Waals surface area contributed by atoms with Crippen molar-refractivity contribution in [3.8, 4) is 11.1 Å². The van der Waals surface area contributed by atoms with Gasteiger partial charge in [0.15, 0.2) is 11.6 Å². The second-order valence-electron chi connectivity index (χ2n) is 11.7. The van der Waals surface area contributed by atoms with E-state index in [1.807, 2.05) is 31.2 Å². The first-order valence-corrected chi connectivity index (χ1v) is 15.5. The molecule has 1 aliphatic carbocycles. The minimum Gasteiger partial charge on any atom is -0.377 e. The topological polar surface area (TPSA) is 120 Å². The van der Waals surface area contributed by atoms with Crippen LogP contribution in [0.3, 0.4) is 0 Å². The first kappa shape index (κ1) is 30.7. The van der Waals surface area contributed by atoms with E-state index >= 15 is 0 Å². The van der Waals surface area contributed by atoms with Gasteiger partial charge in [-0.1, -0.05) is 30.9 Å². The second kappa shape index (κ2) is 12.2. The second-order valence-corrected chi connectivity index (χ2v) is 12.5. The summed E-state index contributed by atoms with van der Waals surface area (Å²) in [5.74, 6) is 0.128. The number of benzene rings is 1.